The molecule has 1 aromatic heterocycles. The minimum atomic E-state index is -0.314. The van der Waals surface area contributed by atoms with Gasteiger partial charge in [-0.1, -0.05) is 23.7 Å². The highest BCUT2D eigenvalue weighted by Gasteiger charge is 2.06. The lowest BCUT2D eigenvalue weighted by Crippen LogP contribution is -2.36. The standard InChI is InChI=1S/C13H13ClN2O2S/c1-15-11(17)7-12(16(2)13(15)18)19-8-9-3-5-10(14)6-4-9/h3-7H,8H2,1-2H3. The molecule has 0 aliphatic rings. The van der Waals surface area contributed by atoms with Crippen molar-refractivity contribution in [2.75, 3.05) is 0 Å². The fourth-order valence-electron chi connectivity index (χ4n) is 1.59. The average molecular weight is 297 g/mol. The van der Waals surface area contributed by atoms with Gasteiger partial charge in [0, 0.05) is 30.9 Å². The van der Waals surface area contributed by atoms with E-state index >= 15 is 0 Å². The molecule has 0 aliphatic carbocycles. The van der Waals surface area contributed by atoms with Crippen LogP contribution in [0.25, 0.3) is 0 Å². The molecule has 0 bridgehead atoms. The molecular formula is C13H13ClN2O2S. The molecule has 0 saturated heterocycles. The SMILES string of the molecule is Cn1c(SCc2ccc(Cl)cc2)cc(=O)n(C)c1=O. The Morgan fingerprint density at radius 1 is 1.11 bits per heavy atom. The normalized spacial score (nSPS) is 10.7. The molecule has 100 valence electrons. The van der Waals surface area contributed by atoms with Gasteiger partial charge < -0.3 is 0 Å². The summed E-state index contributed by atoms with van der Waals surface area (Å²) >= 11 is 7.27. The van der Waals surface area contributed by atoms with Crippen molar-refractivity contribution in [3.63, 3.8) is 0 Å². The zero-order chi connectivity index (χ0) is 14.0. The predicted molar refractivity (Wildman–Crippen MR) is 77.9 cm³/mol. The van der Waals surface area contributed by atoms with Crippen molar-refractivity contribution in [1.29, 1.82) is 0 Å². The number of hydrogen-bond acceptors (Lipinski definition) is 3. The molecular weight excluding hydrogens is 284 g/mol. The predicted octanol–water partition coefficient (Wildman–Crippen LogP) is 2.03. The quantitative estimate of drug-likeness (QED) is 0.643. The zero-order valence-corrected chi connectivity index (χ0v) is 12.2. The maximum atomic E-state index is 11.8. The van der Waals surface area contributed by atoms with Crippen LogP contribution in [-0.2, 0) is 19.8 Å². The molecule has 0 atom stereocenters. The monoisotopic (exact) mass is 296 g/mol. The van der Waals surface area contributed by atoms with E-state index in [-0.39, 0.29) is 11.2 Å². The van der Waals surface area contributed by atoms with E-state index in [1.165, 1.54) is 29.4 Å². The van der Waals surface area contributed by atoms with Crippen molar-refractivity contribution in [3.05, 3.63) is 61.8 Å². The summed E-state index contributed by atoms with van der Waals surface area (Å²) in [7, 11) is 3.13. The number of rotatable bonds is 3. The molecule has 0 saturated carbocycles. The summed E-state index contributed by atoms with van der Waals surface area (Å²) in [5.41, 5.74) is 0.482. The van der Waals surface area contributed by atoms with E-state index in [0.717, 1.165) is 10.1 Å². The number of benzene rings is 1. The molecule has 4 nitrogen and oxygen atoms in total. The van der Waals surface area contributed by atoms with Crippen LogP contribution < -0.4 is 11.2 Å². The zero-order valence-electron chi connectivity index (χ0n) is 10.6. The molecule has 0 spiro atoms. The lowest BCUT2D eigenvalue weighted by atomic mass is 10.2. The second-order valence-corrected chi connectivity index (χ2v) is 5.57. The van der Waals surface area contributed by atoms with Gasteiger partial charge in [-0.3, -0.25) is 13.9 Å². The Balaban J connectivity index is 2.23. The molecule has 1 heterocycles. The highest BCUT2D eigenvalue weighted by Crippen LogP contribution is 2.21. The first-order valence-corrected chi connectivity index (χ1v) is 6.99. The van der Waals surface area contributed by atoms with Crippen LogP contribution in [0.15, 0.2) is 44.9 Å². The van der Waals surface area contributed by atoms with Crippen LogP contribution in [0.1, 0.15) is 5.56 Å². The molecule has 0 unspecified atom stereocenters. The largest absolute Gasteiger partial charge is 0.331 e. The van der Waals surface area contributed by atoms with Crippen LogP contribution in [-0.4, -0.2) is 9.13 Å². The minimum absolute atomic E-state index is 0.290. The Morgan fingerprint density at radius 3 is 2.37 bits per heavy atom. The molecule has 0 fully saturated rings. The van der Waals surface area contributed by atoms with Crippen LogP contribution in [0.5, 0.6) is 0 Å². The first kappa shape index (κ1) is 14.0. The van der Waals surface area contributed by atoms with Crippen molar-refractivity contribution in [2.45, 2.75) is 10.8 Å². The van der Waals surface area contributed by atoms with Gasteiger partial charge in [0.25, 0.3) is 5.56 Å². The molecule has 0 aliphatic heterocycles. The summed E-state index contributed by atoms with van der Waals surface area (Å²) < 4.78 is 2.56. The first-order chi connectivity index (χ1) is 8.99. The van der Waals surface area contributed by atoms with E-state index in [9.17, 15) is 9.59 Å². The second kappa shape index (κ2) is 5.67. The smallest absolute Gasteiger partial charge is 0.291 e. The number of hydrogen-bond donors (Lipinski definition) is 0. The van der Waals surface area contributed by atoms with E-state index in [4.69, 9.17) is 11.6 Å². The van der Waals surface area contributed by atoms with Crippen molar-refractivity contribution >= 4 is 23.4 Å². The summed E-state index contributed by atoms with van der Waals surface area (Å²) in [5.74, 6) is 0.678. The van der Waals surface area contributed by atoms with Crippen LogP contribution in [0.4, 0.5) is 0 Å². The molecule has 19 heavy (non-hydrogen) atoms. The Bertz CT molecular complexity index is 704. The van der Waals surface area contributed by atoms with Gasteiger partial charge in [0.2, 0.25) is 0 Å². The summed E-state index contributed by atoms with van der Waals surface area (Å²) in [4.78, 5) is 23.3. The first-order valence-electron chi connectivity index (χ1n) is 5.63. The lowest BCUT2D eigenvalue weighted by Gasteiger charge is -2.08. The highest BCUT2D eigenvalue weighted by molar-refractivity contribution is 7.98. The van der Waals surface area contributed by atoms with Crippen LogP contribution in [0.3, 0.4) is 0 Å². The van der Waals surface area contributed by atoms with Gasteiger partial charge in [-0.2, -0.15) is 0 Å². The number of aromatic nitrogens is 2. The van der Waals surface area contributed by atoms with E-state index in [0.29, 0.717) is 15.8 Å². The van der Waals surface area contributed by atoms with Gasteiger partial charge in [-0.05, 0) is 17.7 Å². The number of nitrogens with zero attached hydrogens (tertiary/aromatic N) is 2. The van der Waals surface area contributed by atoms with Crippen LogP contribution >= 0.6 is 23.4 Å². The van der Waals surface area contributed by atoms with Gasteiger partial charge in [-0.25, -0.2) is 4.79 Å². The van der Waals surface area contributed by atoms with Gasteiger partial charge in [0.15, 0.2) is 0 Å². The Morgan fingerprint density at radius 2 is 1.74 bits per heavy atom. The third-order valence-corrected chi connectivity index (χ3v) is 4.20. The summed E-state index contributed by atoms with van der Waals surface area (Å²) in [6.07, 6.45) is 0. The van der Waals surface area contributed by atoms with Gasteiger partial charge >= 0.3 is 5.69 Å². The number of halogens is 1. The maximum Gasteiger partial charge on any atom is 0.331 e. The Hall–Kier alpha value is -1.46. The fraction of sp³-hybridized carbons (Fsp3) is 0.231. The lowest BCUT2D eigenvalue weighted by molar-refractivity contribution is 0.636. The third kappa shape index (κ3) is 3.11. The van der Waals surface area contributed by atoms with E-state index < -0.39 is 0 Å². The van der Waals surface area contributed by atoms with Crippen LogP contribution in [0, 0.1) is 0 Å². The average Bonchev–Trinajstić information content (AvgIpc) is 2.41. The van der Waals surface area contributed by atoms with Crippen molar-refractivity contribution in [2.24, 2.45) is 14.1 Å². The topological polar surface area (TPSA) is 44.0 Å². The molecule has 0 amide bonds. The summed E-state index contributed by atoms with van der Waals surface area (Å²) in [6.45, 7) is 0. The third-order valence-electron chi connectivity index (χ3n) is 2.78. The van der Waals surface area contributed by atoms with Crippen molar-refractivity contribution in [3.8, 4) is 0 Å². The van der Waals surface area contributed by atoms with Crippen LogP contribution in [0.2, 0.25) is 5.02 Å². The number of thioether (sulfide) groups is 1. The highest BCUT2D eigenvalue weighted by atomic mass is 35.5. The van der Waals surface area contributed by atoms with E-state index in [2.05, 4.69) is 0 Å². The molecule has 0 radical (unpaired) electrons. The molecule has 2 rings (SSSR count). The molecule has 6 heteroatoms. The van der Waals surface area contributed by atoms with E-state index in [1.54, 1.807) is 7.05 Å². The fourth-order valence-corrected chi connectivity index (χ4v) is 2.68. The second-order valence-electron chi connectivity index (χ2n) is 4.14. The maximum absolute atomic E-state index is 11.8. The molecule has 2 aromatic rings. The summed E-state index contributed by atoms with van der Waals surface area (Å²) in [6, 6.07) is 8.96. The molecule has 0 N–H and O–H groups in total. The van der Waals surface area contributed by atoms with Gasteiger partial charge in [0.05, 0.1) is 5.03 Å². The Kier molecular flexibility index (Phi) is 4.17. The molecule has 1 aromatic carbocycles. The van der Waals surface area contributed by atoms with Crippen molar-refractivity contribution < 1.29 is 0 Å². The van der Waals surface area contributed by atoms with Crippen molar-refractivity contribution in [1.82, 2.24) is 9.13 Å². The minimum Gasteiger partial charge on any atom is -0.291 e. The van der Waals surface area contributed by atoms with Gasteiger partial charge in [0.1, 0.15) is 0 Å². The Labute approximate surface area is 119 Å². The van der Waals surface area contributed by atoms with Gasteiger partial charge in [-0.15, -0.1) is 11.8 Å². The van der Waals surface area contributed by atoms with E-state index in [1.807, 2.05) is 24.3 Å². The summed E-state index contributed by atoms with van der Waals surface area (Å²) in [5, 5.41) is 1.35.